The molecule has 3 saturated heterocycles. The van der Waals surface area contributed by atoms with Crippen LogP contribution in [-0.4, -0.2) is 166 Å². The second-order valence-electron chi connectivity index (χ2n) is 12.1. The van der Waals surface area contributed by atoms with Crippen molar-refractivity contribution in [2.24, 2.45) is 30.7 Å². The van der Waals surface area contributed by atoms with E-state index in [1.807, 2.05) is 0 Å². The molecule has 6 N–H and O–H groups in total. The van der Waals surface area contributed by atoms with Crippen LogP contribution in [-0.2, 0) is 28.4 Å². The lowest BCUT2D eigenvalue weighted by molar-refractivity contribution is -0.330. The molecule has 4 aliphatic rings. The van der Waals surface area contributed by atoms with Gasteiger partial charge < -0.3 is 59.1 Å². The predicted octanol–water partition coefficient (Wildman–Crippen LogP) is 0.489. The van der Waals surface area contributed by atoms with Crippen LogP contribution in [0, 0.1) is 0 Å². The largest absolute Gasteiger partial charge is 0.394 e. The summed E-state index contributed by atoms with van der Waals surface area (Å²) in [6, 6.07) is -7.39. The SMILES string of the molecule is [N-]=[N+]=NC[C@@H]1O[C@H](O[C@H]2[C@@H](O)[C@H](O[C@H]3[C@H](O[C@H]4O[C@H](CN=[N+]=[N-])[C@@H](O)C(F)(F)C4N=[N+]=[N-])C(N=[N+]=[N-])CC(N=[N+]=[N-])[C@@H]3O)O[C@@H]2CO)C(N=[N+]=[N-])[C@@H](O)[C@@H]1O. The van der Waals surface area contributed by atoms with Crippen molar-refractivity contribution in [1.29, 1.82) is 0 Å². The van der Waals surface area contributed by atoms with Crippen LogP contribution >= 0.6 is 0 Å². The standard InChI is InChI=1S/C23H32F2N18O12/c24-23(25)18(37-43-31)22(51-8(19(23)49)3-33-39-27)53-15-6(35-41-29)1-5(34-40-28)11(45)17(15)55-21-14(48)16(9(4-44)52-21)54-20-10(36-42-30)13(47)12(46)7(50-20)2-32-38-26/h5-22,44-49H,1-4H2/t5?,6?,7-,8+,9+,10?,11-,12+,13+,14+,15+,16+,17+,18?,19+,20+,21-,22+/m0/s1. The van der Waals surface area contributed by atoms with Gasteiger partial charge in [-0.3, -0.25) is 0 Å². The molecule has 1 saturated carbocycles. The van der Waals surface area contributed by atoms with Crippen molar-refractivity contribution in [1.82, 2.24) is 0 Å². The van der Waals surface area contributed by atoms with E-state index in [9.17, 15) is 36.2 Å². The second-order valence-corrected chi connectivity index (χ2v) is 12.1. The Hall–Kier alpha value is -4.76. The number of rotatable bonds is 15. The highest BCUT2D eigenvalue weighted by Crippen LogP contribution is 2.41. The molecule has 4 unspecified atom stereocenters. The highest BCUT2D eigenvalue weighted by molar-refractivity contribution is 5.06. The highest BCUT2D eigenvalue weighted by atomic mass is 19.3. The number of hydrogen-bond acceptors (Lipinski definition) is 18. The molecule has 0 aromatic rings. The molecule has 0 bridgehead atoms. The van der Waals surface area contributed by atoms with Gasteiger partial charge in [0.05, 0.1) is 62.3 Å². The van der Waals surface area contributed by atoms with Gasteiger partial charge in [0, 0.05) is 29.5 Å². The molecule has 4 rings (SSSR count). The Bertz CT molecular complexity index is 1650. The lowest BCUT2D eigenvalue weighted by Crippen LogP contribution is -2.65. The summed E-state index contributed by atoms with van der Waals surface area (Å²) in [5.41, 5.74) is 54.0. The third-order valence-corrected chi connectivity index (χ3v) is 9.05. The average Bonchev–Trinajstić information content (AvgIpc) is 3.46. The number of ether oxygens (including phenoxy) is 6. The smallest absolute Gasteiger partial charge is 0.289 e. The monoisotopic (exact) mass is 790 g/mol. The van der Waals surface area contributed by atoms with Crippen LogP contribution in [0.15, 0.2) is 30.7 Å². The molecular formula is C23H32F2N18O12. The Morgan fingerprint density at radius 3 is 1.73 bits per heavy atom. The summed E-state index contributed by atoms with van der Waals surface area (Å²) in [4.78, 5) is 15.2. The molecule has 300 valence electrons. The molecule has 0 radical (unpaired) electrons. The molecule has 30 nitrogen and oxygen atoms in total. The molecule has 1 aliphatic carbocycles. The van der Waals surface area contributed by atoms with Gasteiger partial charge in [-0.15, -0.1) is 0 Å². The van der Waals surface area contributed by atoms with Crippen LogP contribution in [0.25, 0.3) is 62.7 Å². The second kappa shape index (κ2) is 19.2. The van der Waals surface area contributed by atoms with E-state index in [1.165, 1.54) is 0 Å². The lowest BCUT2D eigenvalue weighted by atomic mass is 9.84. The molecule has 3 aliphatic heterocycles. The van der Waals surface area contributed by atoms with Gasteiger partial charge in [-0.2, -0.15) is 0 Å². The average molecular weight is 791 g/mol. The van der Waals surface area contributed by atoms with E-state index in [-0.39, 0.29) is 0 Å². The third kappa shape index (κ3) is 9.21. The van der Waals surface area contributed by atoms with E-state index >= 15 is 8.78 Å². The summed E-state index contributed by atoms with van der Waals surface area (Å²) < 4.78 is 64.7. The minimum atomic E-state index is -4.31. The van der Waals surface area contributed by atoms with Gasteiger partial charge in [0.15, 0.2) is 24.9 Å². The molecule has 18 atom stereocenters. The fraction of sp³-hybridized carbons (Fsp3) is 1.00. The third-order valence-electron chi connectivity index (χ3n) is 9.05. The first kappa shape index (κ1) is 43.0. The molecule has 0 aromatic heterocycles. The normalized spacial score (nSPS) is 42.1. The number of hydrogen-bond donors (Lipinski definition) is 6. The van der Waals surface area contributed by atoms with E-state index in [1.54, 1.807) is 0 Å². The van der Waals surface area contributed by atoms with E-state index in [4.69, 9.17) is 56.1 Å². The molecular weight excluding hydrogens is 758 g/mol. The maximum atomic E-state index is 15.4. The Balaban J connectivity index is 1.69. The van der Waals surface area contributed by atoms with E-state index in [0.29, 0.717) is 0 Å². The maximum absolute atomic E-state index is 15.4. The minimum Gasteiger partial charge on any atom is -0.394 e. The molecule has 0 amide bonds. The topological polar surface area (TPSA) is 469 Å². The first-order valence-electron chi connectivity index (χ1n) is 15.8. The van der Waals surface area contributed by atoms with E-state index in [2.05, 4.69) is 60.2 Å². The van der Waals surface area contributed by atoms with Crippen molar-refractivity contribution in [3.8, 4) is 0 Å². The quantitative estimate of drug-likeness (QED) is 0.0750. The molecule has 55 heavy (non-hydrogen) atoms. The number of aliphatic hydroxyl groups is 6. The summed E-state index contributed by atoms with van der Waals surface area (Å²) in [6.45, 7) is -2.35. The number of azide groups is 6. The minimum absolute atomic E-state index is 0.510. The maximum Gasteiger partial charge on any atom is 0.289 e. The lowest BCUT2D eigenvalue weighted by Gasteiger charge is -2.47. The van der Waals surface area contributed by atoms with Gasteiger partial charge in [-0.05, 0) is 39.6 Å². The van der Waals surface area contributed by atoms with Crippen molar-refractivity contribution in [2.45, 2.75) is 123 Å². The Kier molecular flexibility index (Phi) is 15.0. The van der Waals surface area contributed by atoms with Gasteiger partial charge in [-0.25, -0.2) is 8.78 Å². The van der Waals surface area contributed by atoms with Crippen molar-refractivity contribution >= 4 is 0 Å². The zero-order valence-electron chi connectivity index (χ0n) is 27.7. The summed E-state index contributed by atoms with van der Waals surface area (Å²) in [5, 5.41) is 83.9. The summed E-state index contributed by atoms with van der Waals surface area (Å²) in [5.74, 6) is -4.31. The van der Waals surface area contributed by atoms with Crippen molar-refractivity contribution < 1.29 is 67.8 Å². The van der Waals surface area contributed by atoms with Crippen LogP contribution < -0.4 is 0 Å². The van der Waals surface area contributed by atoms with E-state index in [0.717, 1.165) is 0 Å². The van der Waals surface area contributed by atoms with Crippen LogP contribution in [0.3, 0.4) is 0 Å². The first-order valence-corrected chi connectivity index (χ1v) is 15.8. The summed E-state index contributed by atoms with van der Waals surface area (Å²) >= 11 is 0. The van der Waals surface area contributed by atoms with Gasteiger partial charge in [0.2, 0.25) is 0 Å². The van der Waals surface area contributed by atoms with Crippen molar-refractivity contribution in [2.75, 3.05) is 19.7 Å². The number of halogens is 2. The molecule has 0 aromatic carbocycles. The number of alkyl halides is 2. The molecule has 3 heterocycles. The predicted molar refractivity (Wildman–Crippen MR) is 167 cm³/mol. The zero-order chi connectivity index (χ0) is 40.4. The van der Waals surface area contributed by atoms with Gasteiger partial charge in [0.1, 0.15) is 42.7 Å². The fourth-order valence-corrected chi connectivity index (χ4v) is 6.40. The Morgan fingerprint density at radius 1 is 0.582 bits per heavy atom. The Morgan fingerprint density at radius 2 is 1.13 bits per heavy atom. The van der Waals surface area contributed by atoms with Crippen LogP contribution in [0.2, 0.25) is 0 Å². The van der Waals surface area contributed by atoms with E-state index < -0.39 is 142 Å². The molecule has 0 spiro atoms. The number of aliphatic hydroxyl groups excluding tert-OH is 6. The van der Waals surface area contributed by atoms with Gasteiger partial charge in [0.25, 0.3) is 5.92 Å². The fourth-order valence-electron chi connectivity index (χ4n) is 6.40. The van der Waals surface area contributed by atoms with Crippen molar-refractivity contribution in [3.05, 3.63) is 62.7 Å². The summed E-state index contributed by atoms with van der Waals surface area (Å²) in [6.07, 6.45) is -27.5. The van der Waals surface area contributed by atoms with Gasteiger partial charge in [-0.1, -0.05) is 30.7 Å². The van der Waals surface area contributed by atoms with Crippen LogP contribution in [0.5, 0.6) is 0 Å². The molecule has 4 fully saturated rings. The van der Waals surface area contributed by atoms with Crippen LogP contribution in [0.1, 0.15) is 6.42 Å². The van der Waals surface area contributed by atoms with Gasteiger partial charge >= 0.3 is 0 Å². The van der Waals surface area contributed by atoms with Crippen molar-refractivity contribution in [3.63, 3.8) is 0 Å². The first-order chi connectivity index (χ1) is 26.3. The highest BCUT2D eigenvalue weighted by Gasteiger charge is 2.60. The number of nitrogens with zero attached hydrogens (tertiary/aromatic N) is 18. The Labute approximate surface area is 303 Å². The molecule has 32 heteroatoms. The summed E-state index contributed by atoms with van der Waals surface area (Å²) in [7, 11) is 0. The van der Waals surface area contributed by atoms with Crippen LogP contribution in [0.4, 0.5) is 8.78 Å². The zero-order valence-corrected chi connectivity index (χ0v) is 27.7.